The van der Waals surface area contributed by atoms with Crippen molar-refractivity contribution in [1.29, 1.82) is 0 Å². The number of carbonyl (C=O) groups is 1. The molecule has 0 aliphatic heterocycles. The van der Waals surface area contributed by atoms with Gasteiger partial charge in [0, 0.05) is 30.5 Å². The summed E-state index contributed by atoms with van der Waals surface area (Å²) in [5.41, 5.74) is 4.65. The van der Waals surface area contributed by atoms with Gasteiger partial charge in [0.25, 0.3) is 5.91 Å². The fourth-order valence-electron chi connectivity index (χ4n) is 2.94. The van der Waals surface area contributed by atoms with E-state index in [1.54, 1.807) is 6.20 Å². The van der Waals surface area contributed by atoms with Gasteiger partial charge in [0.2, 0.25) is 0 Å². The van der Waals surface area contributed by atoms with E-state index < -0.39 is 0 Å². The molecule has 3 rings (SSSR count). The van der Waals surface area contributed by atoms with Crippen LogP contribution in [0.2, 0.25) is 0 Å². The molecule has 5 nitrogen and oxygen atoms in total. The van der Waals surface area contributed by atoms with Gasteiger partial charge in [-0.05, 0) is 45.9 Å². The summed E-state index contributed by atoms with van der Waals surface area (Å²) in [5.74, 6) is 0.993. The number of carbonyl (C=O) groups excluding carboxylic acids is 1. The van der Waals surface area contributed by atoms with Crippen LogP contribution in [-0.4, -0.2) is 29.0 Å². The predicted octanol–water partition coefficient (Wildman–Crippen LogP) is 4.67. The molecule has 0 unspecified atom stereocenters. The van der Waals surface area contributed by atoms with Crippen LogP contribution < -0.4 is 10.2 Å². The average Bonchev–Trinajstić information content (AvgIpc) is 2.67. The molecular weight excluding hydrogens is 348 g/mol. The number of rotatable bonds is 5. The number of anilines is 2. The van der Waals surface area contributed by atoms with E-state index in [-0.39, 0.29) is 11.9 Å². The lowest BCUT2D eigenvalue weighted by atomic mass is 10.1. The van der Waals surface area contributed by atoms with Crippen molar-refractivity contribution in [2.45, 2.75) is 33.7 Å². The van der Waals surface area contributed by atoms with Gasteiger partial charge in [0.1, 0.15) is 11.4 Å². The quantitative estimate of drug-likeness (QED) is 0.705. The van der Waals surface area contributed by atoms with Crippen molar-refractivity contribution < 1.29 is 4.79 Å². The molecule has 28 heavy (non-hydrogen) atoms. The third kappa shape index (κ3) is 4.36. The van der Waals surface area contributed by atoms with Gasteiger partial charge in [0.15, 0.2) is 5.82 Å². The number of nitrogens with one attached hydrogen (secondary N) is 1. The molecule has 0 aliphatic carbocycles. The molecule has 1 N–H and O–H groups in total. The summed E-state index contributed by atoms with van der Waals surface area (Å²) >= 11 is 0. The SMILES string of the molecule is Cc1ccc(N(C)c2nc(-c3cccc(C)c3)ncc2C(=O)NC(C)C)cc1. The van der Waals surface area contributed by atoms with E-state index in [9.17, 15) is 4.79 Å². The van der Waals surface area contributed by atoms with Gasteiger partial charge in [0.05, 0.1) is 0 Å². The summed E-state index contributed by atoms with van der Waals surface area (Å²) in [6, 6.07) is 16.2. The lowest BCUT2D eigenvalue weighted by Crippen LogP contribution is -2.32. The van der Waals surface area contributed by atoms with Gasteiger partial charge >= 0.3 is 0 Å². The molecule has 1 aromatic heterocycles. The first kappa shape index (κ1) is 19.5. The molecular formula is C23H26N4O. The van der Waals surface area contributed by atoms with Gasteiger partial charge in [-0.15, -0.1) is 0 Å². The summed E-state index contributed by atoms with van der Waals surface area (Å²) in [4.78, 5) is 23.9. The Kier molecular flexibility index (Phi) is 5.73. The Morgan fingerprint density at radius 1 is 1.04 bits per heavy atom. The molecule has 1 heterocycles. The maximum atomic E-state index is 12.7. The molecule has 1 amide bonds. The number of benzene rings is 2. The van der Waals surface area contributed by atoms with Crippen LogP contribution in [-0.2, 0) is 0 Å². The molecule has 3 aromatic rings. The number of amides is 1. The van der Waals surface area contributed by atoms with Crippen LogP contribution in [0.3, 0.4) is 0 Å². The highest BCUT2D eigenvalue weighted by molar-refractivity contribution is 5.99. The highest BCUT2D eigenvalue weighted by atomic mass is 16.1. The first-order valence-corrected chi connectivity index (χ1v) is 9.40. The molecule has 0 saturated heterocycles. The minimum Gasteiger partial charge on any atom is -0.350 e. The second kappa shape index (κ2) is 8.21. The van der Waals surface area contributed by atoms with Crippen molar-refractivity contribution >= 4 is 17.4 Å². The van der Waals surface area contributed by atoms with Crippen molar-refractivity contribution in [1.82, 2.24) is 15.3 Å². The van der Waals surface area contributed by atoms with Crippen LogP contribution in [0.4, 0.5) is 11.5 Å². The van der Waals surface area contributed by atoms with E-state index in [4.69, 9.17) is 4.98 Å². The van der Waals surface area contributed by atoms with Crippen LogP contribution in [0.15, 0.2) is 54.7 Å². The minimum atomic E-state index is -0.181. The zero-order valence-corrected chi connectivity index (χ0v) is 17.0. The summed E-state index contributed by atoms with van der Waals surface area (Å²) in [5, 5.41) is 2.94. The molecule has 0 saturated carbocycles. The third-order valence-corrected chi connectivity index (χ3v) is 4.45. The predicted molar refractivity (Wildman–Crippen MR) is 114 cm³/mol. The number of aryl methyl sites for hydroxylation is 2. The number of aromatic nitrogens is 2. The fraction of sp³-hybridized carbons (Fsp3) is 0.261. The lowest BCUT2D eigenvalue weighted by molar-refractivity contribution is 0.0943. The molecule has 0 fully saturated rings. The Morgan fingerprint density at radius 3 is 2.39 bits per heavy atom. The lowest BCUT2D eigenvalue weighted by Gasteiger charge is -2.22. The van der Waals surface area contributed by atoms with Crippen LogP contribution >= 0.6 is 0 Å². The maximum absolute atomic E-state index is 12.7. The molecule has 5 heteroatoms. The Morgan fingerprint density at radius 2 is 1.75 bits per heavy atom. The van der Waals surface area contributed by atoms with Gasteiger partial charge in [-0.1, -0.05) is 41.5 Å². The molecule has 0 spiro atoms. The van der Waals surface area contributed by atoms with Crippen molar-refractivity contribution in [3.8, 4) is 11.4 Å². The molecule has 0 aliphatic rings. The van der Waals surface area contributed by atoms with Crippen LogP contribution in [0.25, 0.3) is 11.4 Å². The number of nitrogens with zero attached hydrogens (tertiary/aromatic N) is 3. The highest BCUT2D eigenvalue weighted by Crippen LogP contribution is 2.28. The Balaban J connectivity index is 2.10. The van der Waals surface area contributed by atoms with Crippen molar-refractivity contribution in [3.05, 3.63) is 71.4 Å². The topological polar surface area (TPSA) is 58.1 Å². The fourth-order valence-corrected chi connectivity index (χ4v) is 2.94. The molecule has 2 aromatic carbocycles. The Hall–Kier alpha value is -3.21. The third-order valence-electron chi connectivity index (χ3n) is 4.45. The standard InChI is InChI=1S/C23H26N4O/c1-15(2)25-23(28)20-14-24-21(18-8-6-7-17(4)13-18)26-22(20)27(5)19-11-9-16(3)10-12-19/h6-15H,1-5H3,(H,25,28). The number of hydrogen-bond donors (Lipinski definition) is 1. The summed E-state index contributed by atoms with van der Waals surface area (Å²) in [6.45, 7) is 7.95. The second-order valence-corrected chi connectivity index (χ2v) is 7.32. The van der Waals surface area contributed by atoms with E-state index in [1.807, 2.05) is 88.2 Å². The molecule has 144 valence electrons. The second-order valence-electron chi connectivity index (χ2n) is 7.32. The van der Waals surface area contributed by atoms with Gasteiger partial charge in [-0.3, -0.25) is 4.79 Å². The summed E-state index contributed by atoms with van der Waals surface area (Å²) in [7, 11) is 1.92. The first-order chi connectivity index (χ1) is 13.3. The first-order valence-electron chi connectivity index (χ1n) is 9.40. The number of hydrogen-bond acceptors (Lipinski definition) is 4. The van der Waals surface area contributed by atoms with E-state index in [2.05, 4.69) is 10.3 Å². The zero-order chi connectivity index (χ0) is 20.3. The molecule has 0 atom stereocenters. The van der Waals surface area contributed by atoms with Gasteiger partial charge in [-0.2, -0.15) is 0 Å². The van der Waals surface area contributed by atoms with Crippen molar-refractivity contribution in [2.75, 3.05) is 11.9 Å². The van der Waals surface area contributed by atoms with Crippen molar-refractivity contribution in [2.24, 2.45) is 0 Å². The molecule has 0 bridgehead atoms. The monoisotopic (exact) mass is 374 g/mol. The van der Waals surface area contributed by atoms with Gasteiger partial charge in [-0.25, -0.2) is 9.97 Å². The van der Waals surface area contributed by atoms with Crippen LogP contribution in [0, 0.1) is 13.8 Å². The Labute approximate surface area is 166 Å². The van der Waals surface area contributed by atoms with E-state index in [0.29, 0.717) is 17.2 Å². The highest BCUT2D eigenvalue weighted by Gasteiger charge is 2.20. The smallest absolute Gasteiger partial charge is 0.256 e. The van der Waals surface area contributed by atoms with E-state index >= 15 is 0 Å². The zero-order valence-electron chi connectivity index (χ0n) is 17.0. The van der Waals surface area contributed by atoms with Crippen LogP contribution in [0.5, 0.6) is 0 Å². The maximum Gasteiger partial charge on any atom is 0.256 e. The Bertz CT molecular complexity index is 980. The van der Waals surface area contributed by atoms with Crippen molar-refractivity contribution in [3.63, 3.8) is 0 Å². The summed E-state index contributed by atoms with van der Waals surface area (Å²) < 4.78 is 0. The van der Waals surface area contributed by atoms with E-state index in [1.165, 1.54) is 5.56 Å². The average molecular weight is 374 g/mol. The largest absolute Gasteiger partial charge is 0.350 e. The van der Waals surface area contributed by atoms with Crippen LogP contribution in [0.1, 0.15) is 35.3 Å². The summed E-state index contributed by atoms with van der Waals surface area (Å²) in [6.07, 6.45) is 1.61. The minimum absolute atomic E-state index is 0.0291. The molecule has 0 radical (unpaired) electrons. The van der Waals surface area contributed by atoms with Gasteiger partial charge < -0.3 is 10.2 Å². The van der Waals surface area contributed by atoms with E-state index in [0.717, 1.165) is 16.8 Å². The normalized spacial score (nSPS) is 10.8.